The lowest BCUT2D eigenvalue weighted by Gasteiger charge is -2.20. The average molecular weight is 517 g/mol. The molecule has 3 heterocycles. The normalized spacial score (nSPS) is 14.3. The first-order valence-corrected chi connectivity index (χ1v) is 13.2. The summed E-state index contributed by atoms with van der Waals surface area (Å²) < 4.78 is 3.16. The predicted molar refractivity (Wildman–Crippen MR) is 150 cm³/mol. The molecule has 8 heteroatoms. The summed E-state index contributed by atoms with van der Waals surface area (Å²) in [5.74, 6) is 7.12. The van der Waals surface area contributed by atoms with Crippen molar-refractivity contribution < 1.29 is 4.79 Å². The summed E-state index contributed by atoms with van der Waals surface area (Å²) in [6.45, 7) is 3.60. The summed E-state index contributed by atoms with van der Waals surface area (Å²) in [7, 11) is 0. The fourth-order valence-corrected chi connectivity index (χ4v) is 5.31. The molecule has 1 aliphatic carbocycles. The van der Waals surface area contributed by atoms with E-state index in [0.717, 1.165) is 12.8 Å². The second kappa shape index (κ2) is 10.2. The minimum Gasteiger partial charge on any atom is -0.342 e. The van der Waals surface area contributed by atoms with E-state index in [4.69, 9.17) is 4.98 Å². The van der Waals surface area contributed by atoms with Gasteiger partial charge < -0.3 is 5.32 Å². The fourth-order valence-electron chi connectivity index (χ4n) is 5.31. The number of carbonyl (C=O) groups excluding carboxylic acids is 1. The predicted octanol–water partition coefficient (Wildman–Crippen LogP) is 4.77. The van der Waals surface area contributed by atoms with Gasteiger partial charge in [0.05, 0.1) is 28.3 Å². The van der Waals surface area contributed by atoms with Crippen LogP contribution in [0.15, 0.2) is 71.8 Å². The maximum atomic E-state index is 14.1. The van der Waals surface area contributed by atoms with E-state index >= 15 is 0 Å². The van der Waals surface area contributed by atoms with Crippen LogP contribution in [-0.2, 0) is 0 Å². The van der Waals surface area contributed by atoms with Crippen LogP contribution < -0.4 is 10.9 Å². The van der Waals surface area contributed by atoms with Gasteiger partial charge in [-0.2, -0.15) is 5.10 Å². The van der Waals surface area contributed by atoms with Gasteiger partial charge in [0.1, 0.15) is 11.4 Å². The Morgan fingerprint density at radius 2 is 1.87 bits per heavy atom. The third kappa shape index (κ3) is 4.57. The van der Waals surface area contributed by atoms with Crippen molar-refractivity contribution in [3.63, 3.8) is 0 Å². The molecular formula is C31H28N6O2. The molecule has 39 heavy (non-hydrogen) atoms. The monoisotopic (exact) mass is 516 g/mol. The van der Waals surface area contributed by atoms with E-state index in [1.54, 1.807) is 34.5 Å². The Labute approximate surface area is 225 Å². The Morgan fingerprint density at radius 1 is 1.08 bits per heavy atom. The Morgan fingerprint density at radius 3 is 2.67 bits per heavy atom. The minimum absolute atomic E-state index is 0.215. The van der Waals surface area contributed by atoms with Crippen molar-refractivity contribution in [1.29, 1.82) is 0 Å². The van der Waals surface area contributed by atoms with Crippen LogP contribution in [0.5, 0.6) is 0 Å². The summed E-state index contributed by atoms with van der Waals surface area (Å²) in [6, 6.07) is 16.1. The van der Waals surface area contributed by atoms with E-state index in [1.165, 1.54) is 12.8 Å². The first-order valence-electron chi connectivity index (χ1n) is 13.2. The zero-order chi connectivity index (χ0) is 26.9. The van der Waals surface area contributed by atoms with E-state index in [0.29, 0.717) is 50.8 Å². The number of aromatic nitrogens is 5. The zero-order valence-electron chi connectivity index (χ0n) is 21.9. The van der Waals surface area contributed by atoms with Gasteiger partial charge in [-0.05, 0) is 57.0 Å². The summed E-state index contributed by atoms with van der Waals surface area (Å²) >= 11 is 0. The van der Waals surface area contributed by atoms with E-state index in [9.17, 15) is 9.59 Å². The van der Waals surface area contributed by atoms with Crippen LogP contribution in [0.1, 0.15) is 66.1 Å². The van der Waals surface area contributed by atoms with Gasteiger partial charge in [-0.15, -0.1) is 0 Å². The van der Waals surface area contributed by atoms with Gasteiger partial charge in [-0.25, -0.2) is 14.5 Å². The molecule has 1 aliphatic rings. The molecule has 1 fully saturated rings. The molecule has 1 saturated carbocycles. The van der Waals surface area contributed by atoms with Crippen molar-refractivity contribution in [2.45, 2.75) is 45.6 Å². The molecule has 2 aromatic carbocycles. The van der Waals surface area contributed by atoms with E-state index < -0.39 is 6.04 Å². The highest BCUT2D eigenvalue weighted by Gasteiger charge is 2.24. The number of amides is 1. The SMILES string of the molecule is Cc1nn2cccnc2c1C(=O)NC(C)c1nc2cccc(C#CC3CCCC3)c2c(=O)n1-c1ccccc1. The third-order valence-corrected chi connectivity index (χ3v) is 7.24. The lowest BCUT2D eigenvalue weighted by molar-refractivity contribution is 0.0938. The van der Waals surface area contributed by atoms with Crippen LogP contribution in [0, 0.1) is 24.7 Å². The van der Waals surface area contributed by atoms with Crippen molar-refractivity contribution in [2.24, 2.45) is 5.92 Å². The molecule has 1 amide bonds. The molecule has 0 saturated heterocycles. The first kappa shape index (κ1) is 24.6. The van der Waals surface area contributed by atoms with Crippen LogP contribution in [0.25, 0.3) is 22.2 Å². The van der Waals surface area contributed by atoms with Crippen molar-refractivity contribution in [2.75, 3.05) is 0 Å². The van der Waals surface area contributed by atoms with Crippen LogP contribution in [-0.4, -0.2) is 30.1 Å². The molecule has 0 radical (unpaired) electrons. The highest BCUT2D eigenvalue weighted by molar-refractivity contribution is 6.01. The van der Waals surface area contributed by atoms with Gasteiger partial charge in [0.15, 0.2) is 5.65 Å². The molecule has 1 atom stereocenters. The van der Waals surface area contributed by atoms with Gasteiger partial charge in [-0.3, -0.25) is 14.2 Å². The van der Waals surface area contributed by atoms with Gasteiger partial charge in [0, 0.05) is 23.9 Å². The highest BCUT2D eigenvalue weighted by atomic mass is 16.2. The van der Waals surface area contributed by atoms with Gasteiger partial charge in [0.25, 0.3) is 11.5 Å². The number of hydrogen-bond acceptors (Lipinski definition) is 5. The third-order valence-electron chi connectivity index (χ3n) is 7.24. The van der Waals surface area contributed by atoms with Crippen LogP contribution in [0.3, 0.4) is 0 Å². The number of hydrogen-bond donors (Lipinski definition) is 1. The average Bonchev–Trinajstić information content (AvgIpc) is 3.59. The molecule has 1 N–H and O–H groups in total. The van der Waals surface area contributed by atoms with Crippen molar-refractivity contribution in [1.82, 2.24) is 29.5 Å². The molecular weight excluding hydrogens is 488 g/mol. The lowest BCUT2D eigenvalue weighted by Crippen LogP contribution is -2.33. The number of nitrogens with one attached hydrogen (secondary N) is 1. The molecule has 194 valence electrons. The van der Waals surface area contributed by atoms with Gasteiger partial charge in [-0.1, -0.05) is 48.9 Å². The number of aryl methyl sites for hydroxylation is 1. The Hall–Kier alpha value is -4.77. The smallest absolute Gasteiger partial charge is 0.267 e. The molecule has 5 aromatic rings. The summed E-state index contributed by atoms with van der Waals surface area (Å²) in [4.78, 5) is 36.8. The molecule has 0 bridgehead atoms. The number of fused-ring (bicyclic) bond motifs is 2. The maximum absolute atomic E-state index is 14.1. The quantitative estimate of drug-likeness (QED) is 0.347. The molecule has 0 aliphatic heterocycles. The van der Waals surface area contributed by atoms with Crippen LogP contribution >= 0.6 is 0 Å². The Bertz CT molecular complexity index is 1820. The molecule has 8 nitrogen and oxygen atoms in total. The van der Waals surface area contributed by atoms with E-state index in [2.05, 4.69) is 27.2 Å². The van der Waals surface area contributed by atoms with Crippen LogP contribution in [0.2, 0.25) is 0 Å². The number of benzene rings is 2. The van der Waals surface area contributed by atoms with E-state index in [-0.39, 0.29) is 11.5 Å². The summed E-state index contributed by atoms with van der Waals surface area (Å²) in [5, 5.41) is 7.91. The second-order valence-electron chi connectivity index (χ2n) is 9.94. The van der Waals surface area contributed by atoms with Crippen molar-refractivity contribution in [3.8, 4) is 17.5 Å². The summed E-state index contributed by atoms with van der Waals surface area (Å²) in [6.07, 6.45) is 7.99. The largest absolute Gasteiger partial charge is 0.342 e. The minimum atomic E-state index is -0.596. The zero-order valence-corrected chi connectivity index (χ0v) is 21.9. The van der Waals surface area contributed by atoms with Crippen molar-refractivity contribution >= 4 is 22.5 Å². The maximum Gasteiger partial charge on any atom is 0.267 e. The first-order chi connectivity index (χ1) is 19.0. The van der Waals surface area contributed by atoms with Crippen molar-refractivity contribution in [3.05, 3.63) is 100.0 Å². The van der Waals surface area contributed by atoms with E-state index in [1.807, 2.05) is 55.5 Å². The molecule has 0 spiro atoms. The summed E-state index contributed by atoms with van der Waals surface area (Å²) in [5.41, 5.74) is 3.11. The van der Waals surface area contributed by atoms with Crippen LogP contribution in [0.4, 0.5) is 0 Å². The number of nitrogens with zero attached hydrogens (tertiary/aromatic N) is 5. The topological polar surface area (TPSA) is 94.2 Å². The number of para-hydroxylation sites is 1. The standard InChI is InChI=1S/C31H28N6O2/c1-20-26(29-32-18-9-19-36(29)35-20)30(38)33-21(2)28-34-25-15-8-12-23(17-16-22-10-6-7-11-22)27(25)31(39)37(28)24-13-4-3-5-14-24/h3-5,8-9,12-15,18-19,21-22H,6-7,10-11H2,1-2H3,(H,33,38). The second-order valence-corrected chi connectivity index (χ2v) is 9.94. The molecule has 1 unspecified atom stereocenters. The Balaban J connectivity index is 1.46. The number of rotatable bonds is 4. The molecule has 3 aromatic heterocycles. The Kier molecular flexibility index (Phi) is 6.41. The fraction of sp³-hybridized carbons (Fsp3) is 0.258. The molecule has 6 rings (SSSR count). The number of carbonyl (C=O) groups is 1. The van der Waals surface area contributed by atoms with Gasteiger partial charge >= 0.3 is 0 Å². The lowest BCUT2D eigenvalue weighted by atomic mass is 10.1. The van der Waals surface area contributed by atoms with Gasteiger partial charge in [0.2, 0.25) is 0 Å². The highest BCUT2D eigenvalue weighted by Crippen LogP contribution is 2.25.